The summed E-state index contributed by atoms with van der Waals surface area (Å²) in [4.78, 5) is 0. The number of fused-ring (bicyclic) bond motifs is 3. The first kappa shape index (κ1) is 25.2. The third kappa shape index (κ3) is 4.48. The first-order valence-electron chi connectivity index (χ1n) is 10.7. The van der Waals surface area contributed by atoms with Crippen LogP contribution in [0.2, 0.25) is 0 Å². The van der Waals surface area contributed by atoms with Crippen molar-refractivity contribution >= 4 is 0 Å². The Balaban J connectivity index is 0.000000771. The molecule has 1 N–H and O–H groups in total. The van der Waals surface area contributed by atoms with Crippen molar-refractivity contribution in [2.75, 3.05) is 7.11 Å². The van der Waals surface area contributed by atoms with E-state index in [1.807, 2.05) is 13.8 Å². The SMILES string of the molecule is CC.CO.Cc1cc2c(cc1F)-c1noc(-c3onc(-c4ccccc4)c3C(F)(F)F)c1CC2. The molecule has 2 aromatic carbocycles. The number of hydrogen-bond acceptors (Lipinski definition) is 5. The molecule has 0 fully saturated rings. The van der Waals surface area contributed by atoms with Gasteiger partial charge >= 0.3 is 6.18 Å². The van der Waals surface area contributed by atoms with Crippen molar-refractivity contribution in [1.82, 2.24) is 10.3 Å². The normalized spacial score (nSPS) is 12.0. The van der Waals surface area contributed by atoms with Gasteiger partial charge in [0.15, 0.2) is 0 Å². The minimum atomic E-state index is -4.73. The molecule has 0 amide bonds. The van der Waals surface area contributed by atoms with Gasteiger partial charge in [-0.25, -0.2) is 4.39 Å². The number of nitrogens with zero attached hydrogens (tertiary/aromatic N) is 2. The smallest absolute Gasteiger partial charge is 0.400 e. The number of aryl methyl sites for hydroxylation is 2. The third-order valence-corrected chi connectivity index (χ3v) is 5.30. The van der Waals surface area contributed by atoms with Gasteiger partial charge in [0.1, 0.15) is 22.8 Å². The standard InChI is InChI=1S/C22H14F4N2O2.C2H6.CH4O/c1-11-9-13-7-8-14-19(15(13)10-16(11)23)28-29-20(14)21-17(22(24,25)26)18(27-30-21)12-5-3-2-4-6-12;2*1-2/h2-6,9-10H,7-8H2,1H3;1-2H3;2H,1H3. The molecule has 9 heteroatoms. The number of aliphatic hydroxyl groups excluding tert-OH is 1. The summed E-state index contributed by atoms with van der Waals surface area (Å²) in [7, 11) is 1.00. The van der Waals surface area contributed by atoms with Gasteiger partial charge in [-0.05, 0) is 37.0 Å². The molecule has 1 aliphatic rings. The Kier molecular flexibility index (Phi) is 7.56. The van der Waals surface area contributed by atoms with Crippen LogP contribution in [0.3, 0.4) is 0 Å². The maximum atomic E-state index is 14.1. The van der Waals surface area contributed by atoms with Gasteiger partial charge in [0.05, 0.1) is 0 Å². The van der Waals surface area contributed by atoms with Crippen molar-refractivity contribution in [1.29, 1.82) is 0 Å². The van der Waals surface area contributed by atoms with Crippen LogP contribution < -0.4 is 0 Å². The Bertz CT molecular complexity index is 1260. The molecule has 0 unspecified atom stereocenters. The van der Waals surface area contributed by atoms with Gasteiger partial charge in [0, 0.05) is 23.8 Å². The van der Waals surface area contributed by atoms with E-state index in [1.54, 1.807) is 31.2 Å². The van der Waals surface area contributed by atoms with Crippen LogP contribution in [0.4, 0.5) is 17.6 Å². The third-order valence-electron chi connectivity index (χ3n) is 5.30. The summed E-state index contributed by atoms with van der Waals surface area (Å²) in [5.74, 6) is -1.06. The topological polar surface area (TPSA) is 72.3 Å². The molecule has 5 rings (SSSR count). The van der Waals surface area contributed by atoms with E-state index in [1.165, 1.54) is 18.2 Å². The predicted octanol–water partition coefficient (Wildman–Crippen LogP) is 6.86. The van der Waals surface area contributed by atoms with Crippen LogP contribution in [0.15, 0.2) is 51.5 Å². The Morgan fingerprint density at radius 2 is 1.50 bits per heavy atom. The van der Waals surface area contributed by atoms with Crippen molar-refractivity contribution in [3.05, 3.63) is 70.5 Å². The number of alkyl halides is 3. The Labute approximate surface area is 194 Å². The highest BCUT2D eigenvalue weighted by molar-refractivity contribution is 5.79. The predicted molar refractivity (Wildman–Crippen MR) is 119 cm³/mol. The zero-order chi connectivity index (χ0) is 25.0. The van der Waals surface area contributed by atoms with Gasteiger partial charge < -0.3 is 14.2 Å². The molecule has 0 radical (unpaired) electrons. The molecule has 180 valence electrons. The quantitative estimate of drug-likeness (QED) is 0.320. The van der Waals surface area contributed by atoms with Crippen LogP contribution in [0.5, 0.6) is 0 Å². The maximum absolute atomic E-state index is 14.1. The van der Waals surface area contributed by atoms with E-state index >= 15 is 0 Å². The van der Waals surface area contributed by atoms with Crippen LogP contribution in [-0.4, -0.2) is 22.5 Å². The molecule has 0 spiro atoms. The number of aliphatic hydroxyl groups is 1. The fourth-order valence-electron chi connectivity index (χ4n) is 3.86. The molecule has 4 aromatic rings. The lowest BCUT2D eigenvalue weighted by Crippen LogP contribution is -2.08. The van der Waals surface area contributed by atoms with Gasteiger partial charge in [-0.1, -0.05) is 60.6 Å². The summed E-state index contributed by atoms with van der Waals surface area (Å²) >= 11 is 0. The highest BCUT2D eigenvalue weighted by atomic mass is 19.4. The van der Waals surface area contributed by atoms with Crippen molar-refractivity contribution in [2.24, 2.45) is 0 Å². The molecule has 2 heterocycles. The van der Waals surface area contributed by atoms with E-state index in [9.17, 15) is 17.6 Å². The van der Waals surface area contributed by atoms with E-state index in [-0.39, 0.29) is 17.0 Å². The molecule has 34 heavy (non-hydrogen) atoms. The van der Waals surface area contributed by atoms with E-state index in [0.717, 1.165) is 12.7 Å². The van der Waals surface area contributed by atoms with Gasteiger partial charge in [0.25, 0.3) is 0 Å². The zero-order valence-electron chi connectivity index (χ0n) is 19.1. The summed E-state index contributed by atoms with van der Waals surface area (Å²) < 4.78 is 66.5. The number of hydrogen-bond donors (Lipinski definition) is 1. The molecule has 2 aromatic heterocycles. The Morgan fingerprint density at radius 1 is 0.882 bits per heavy atom. The lowest BCUT2D eigenvalue weighted by Gasteiger charge is -2.16. The molecule has 0 saturated heterocycles. The molecule has 0 atom stereocenters. The second kappa shape index (κ2) is 10.2. The second-order valence-corrected chi connectivity index (χ2v) is 7.20. The van der Waals surface area contributed by atoms with E-state index in [4.69, 9.17) is 14.2 Å². The molecule has 1 aliphatic carbocycles. The second-order valence-electron chi connectivity index (χ2n) is 7.20. The van der Waals surface area contributed by atoms with E-state index < -0.39 is 23.3 Å². The lowest BCUT2D eigenvalue weighted by molar-refractivity contribution is -0.136. The summed E-state index contributed by atoms with van der Waals surface area (Å²) in [6, 6.07) is 11.0. The number of halogens is 4. The number of aromatic nitrogens is 2. The van der Waals surface area contributed by atoms with Gasteiger partial charge in [0.2, 0.25) is 11.5 Å². The molecule has 0 aliphatic heterocycles. The Hall–Kier alpha value is -3.46. The summed E-state index contributed by atoms with van der Waals surface area (Å²) in [6.45, 7) is 5.66. The van der Waals surface area contributed by atoms with Crippen LogP contribution >= 0.6 is 0 Å². The van der Waals surface area contributed by atoms with Crippen LogP contribution in [0.25, 0.3) is 34.0 Å². The van der Waals surface area contributed by atoms with E-state index in [0.29, 0.717) is 35.2 Å². The summed E-state index contributed by atoms with van der Waals surface area (Å²) in [5, 5.41) is 14.6. The zero-order valence-corrected chi connectivity index (χ0v) is 19.1. The summed E-state index contributed by atoms with van der Waals surface area (Å²) in [5.41, 5.74) is 1.61. The molecule has 0 saturated carbocycles. The maximum Gasteiger partial charge on any atom is 0.422 e. The first-order valence-corrected chi connectivity index (χ1v) is 10.7. The van der Waals surface area contributed by atoms with Crippen LogP contribution in [-0.2, 0) is 19.0 Å². The average molecular weight is 476 g/mol. The first-order chi connectivity index (χ1) is 16.3. The average Bonchev–Trinajstić information content (AvgIpc) is 3.47. The lowest BCUT2D eigenvalue weighted by atomic mass is 9.87. The van der Waals surface area contributed by atoms with Gasteiger partial charge in [-0.15, -0.1) is 0 Å². The highest BCUT2D eigenvalue weighted by Crippen LogP contribution is 2.46. The van der Waals surface area contributed by atoms with E-state index in [2.05, 4.69) is 10.3 Å². The van der Waals surface area contributed by atoms with Crippen LogP contribution in [0, 0.1) is 12.7 Å². The Morgan fingerprint density at radius 3 is 2.15 bits per heavy atom. The fraction of sp³-hybridized carbons (Fsp3) is 0.280. The van der Waals surface area contributed by atoms with Gasteiger partial charge in [-0.3, -0.25) is 0 Å². The van der Waals surface area contributed by atoms with Gasteiger partial charge in [-0.2, -0.15) is 13.2 Å². The summed E-state index contributed by atoms with van der Waals surface area (Å²) in [6.07, 6.45) is -3.81. The van der Waals surface area contributed by atoms with Crippen molar-refractivity contribution in [3.8, 4) is 34.0 Å². The highest BCUT2D eigenvalue weighted by Gasteiger charge is 2.43. The largest absolute Gasteiger partial charge is 0.422 e. The molecule has 5 nitrogen and oxygen atoms in total. The number of rotatable bonds is 2. The van der Waals surface area contributed by atoms with Crippen LogP contribution in [0.1, 0.15) is 36.1 Å². The molecular formula is C25H24F4N2O3. The monoisotopic (exact) mass is 476 g/mol. The van der Waals surface area contributed by atoms with Crippen molar-refractivity contribution < 1.29 is 31.7 Å². The molecule has 0 bridgehead atoms. The molecular weight excluding hydrogens is 452 g/mol. The van der Waals surface area contributed by atoms with Crippen molar-refractivity contribution in [3.63, 3.8) is 0 Å². The van der Waals surface area contributed by atoms with Crippen molar-refractivity contribution in [2.45, 2.75) is 39.8 Å². The minimum absolute atomic E-state index is 0.126. The fourth-order valence-corrected chi connectivity index (χ4v) is 3.86. The number of benzene rings is 2. The minimum Gasteiger partial charge on any atom is -0.400 e.